The molecule has 2 nitrogen and oxygen atoms in total. The Morgan fingerprint density at radius 3 is 1.39 bits per heavy atom. The van der Waals surface area contributed by atoms with Gasteiger partial charge in [0.2, 0.25) is 0 Å². The van der Waals surface area contributed by atoms with Crippen LogP contribution in [0, 0.1) is 0 Å². The van der Waals surface area contributed by atoms with Crippen molar-refractivity contribution in [3.8, 4) is 16.8 Å². The maximum atomic E-state index is 2.44. The maximum absolute atomic E-state index is 2.44. The van der Waals surface area contributed by atoms with Crippen molar-refractivity contribution in [3.63, 3.8) is 0 Å². The molecule has 1 heterocycles. The van der Waals surface area contributed by atoms with E-state index < -0.39 is 5.41 Å². The van der Waals surface area contributed by atoms with Crippen molar-refractivity contribution < 1.29 is 0 Å². The van der Waals surface area contributed by atoms with Crippen molar-refractivity contribution in [2.75, 3.05) is 4.90 Å². The Morgan fingerprint density at radius 1 is 0.311 bits per heavy atom. The van der Waals surface area contributed by atoms with Gasteiger partial charge in [-0.1, -0.05) is 200 Å². The fraction of sp³-hybridized carbons (Fsp3) is 0.0169. The zero-order valence-corrected chi connectivity index (χ0v) is 33.6. The summed E-state index contributed by atoms with van der Waals surface area (Å²) in [6.07, 6.45) is 0. The average molecular weight is 779 g/mol. The molecule has 2 heteroatoms. The van der Waals surface area contributed by atoms with Gasteiger partial charge in [-0.25, -0.2) is 0 Å². The second-order valence-corrected chi connectivity index (χ2v) is 15.7. The smallest absolute Gasteiger partial charge is 0.0701 e. The molecule has 0 saturated heterocycles. The lowest BCUT2D eigenvalue weighted by molar-refractivity contribution is 0.745. The van der Waals surface area contributed by atoms with Crippen LogP contribution in [0.15, 0.2) is 255 Å². The number of benzene rings is 10. The van der Waals surface area contributed by atoms with Gasteiger partial charge in [0, 0.05) is 33.4 Å². The van der Waals surface area contributed by atoms with Crippen LogP contribution in [0.2, 0.25) is 0 Å². The van der Waals surface area contributed by atoms with Crippen LogP contribution >= 0.6 is 0 Å². The van der Waals surface area contributed by atoms with Gasteiger partial charge in [0.05, 0.1) is 22.1 Å². The molecule has 0 fully saturated rings. The Hall–Kier alpha value is -7.94. The number of aromatic nitrogens is 1. The first-order valence-corrected chi connectivity index (χ1v) is 21.0. The maximum Gasteiger partial charge on any atom is 0.0701 e. The van der Waals surface area contributed by atoms with Gasteiger partial charge in [0.25, 0.3) is 0 Å². The highest BCUT2D eigenvalue weighted by atomic mass is 15.1. The molecule has 0 saturated carbocycles. The van der Waals surface area contributed by atoms with Gasteiger partial charge in [0.1, 0.15) is 0 Å². The van der Waals surface area contributed by atoms with E-state index in [1.54, 1.807) is 0 Å². The number of hydrogen-bond acceptors (Lipinski definition) is 1. The number of rotatable bonds is 9. The lowest BCUT2D eigenvalue weighted by Crippen LogP contribution is -2.31. The van der Waals surface area contributed by atoms with E-state index in [4.69, 9.17) is 0 Å². The zero-order chi connectivity index (χ0) is 40.6. The number of hydrogen-bond donors (Lipinski definition) is 0. The van der Waals surface area contributed by atoms with E-state index in [-0.39, 0.29) is 0 Å². The molecule has 1 aromatic heterocycles. The predicted molar refractivity (Wildman–Crippen MR) is 257 cm³/mol. The molecule has 0 amide bonds. The van der Waals surface area contributed by atoms with Crippen LogP contribution in [0.3, 0.4) is 0 Å². The molecule has 0 atom stereocenters. The normalized spacial score (nSPS) is 11.6. The van der Waals surface area contributed by atoms with E-state index >= 15 is 0 Å². The van der Waals surface area contributed by atoms with Gasteiger partial charge in [-0.3, -0.25) is 0 Å². The zero-order valence-electron chi connectivity index (χ0n) is 33.6. The standard InChI is InChI=1S/C59H42N2/c1-5-20-45(21-6-1)59(46-22-7-2-8-23-46,47-24-9-3-10-25-47)48-36-40-51(41-37-48)60(49-26-11-4-12-27-49)50-38-33-44(34-39-50)52-28-15-17-31-55(52)61-56-32-18-16-30-54(56)58-53-29-14-13-19-43(53)35-42-57(58)61/h1-42H. The first-order valence-electron chi connectivity index (χ1n) is 21.0. The SMILES string of the molecule is c1ccc(N(c2ccc(-c3ccccc3-n3c4ccccc4c4c5ccccc5ccc43)cc2)c2ccc(C(c3ccccc3)(c3ccccc3)c3ccccc3)cc2)cc1. The number of fused-ring (bicyclic) bond motifs is 5. The summed E-state index contributed by atoms with van der Waals surface area (Å²) in [6.45, 7) is 0. The first-order chi connectivity index (χ1) is 30.3. The van der Waals surface area contributed by atoms with Crippen molar-refractivity contribution in [1.82, 2.24) is 4.57 Å². The molecule has 0 radical (unpaired) electrons. The number of nitrogens with zero attached hydrogens (tertiary/aromatic N) is 2. The van der Waals surface area contributed by atoms with Crippen molar-refractivity contribution in [2.45, 2.75) is 5.41 Å². The topological polar surface area (TPSA) is 8.17 Å². The quantitative estimate of drug-likeness (QED) is 0.133. The van der Waals surface area contributed by atoms with Gasteiger partial charge >= 0.3 is 0 Å². The molecule has 0 aliphatic carbocycles. The molecule has 0 N–H and O–H groups in total. The molecule has 11 aromatic rings. The Morgan fingerprint density at radius 2 is 0.770 bits per heavy atom. The molecule has 0 bridgehead atoms. The van der Waals surface area contributed by atoms with E-state index in [0.29, 0.717) is 0 Å². The average Bonchev–Trinajstić information content (AvgIpc) is 3.69. The minimum Gasteiger partial charge on any atom is -0.311 e. The monoisotopic (exact) mass is 778 g/mol. The fourth-order valence-electron chi connectivity index (χ4n) is 9.65. The fourth-order valence-corrected chi connectivity index (χ4v) is 9.65. The van der Waals surface area contributed by atoms with Crippen LogP contribution in [-0.4, -0.2) is 4.57 Å². The van der Waals surface area contributed by atoms with Crippen LogP contribution in [0.4, 0.5) is 17.1 Å². The Labute approximate surface area is 356 Å². The predicted octanol–water partition coefficient (Wildman–Crippen LogP) is 15.5. The first kappa shape index (κ1) is 36.2. The van der Waals surface area contributed by atoms with Crippen molar-refractivity contribution in [2.24, 2.45) is 0 Å². The minimum absolute atomic E-state index is 0.515. The molecule has 0 spiro atoms. The van der Waals surface area contributed by atoms with E-state index in [9.17, 15) is 0 Å². The molecule has 0 aliphatic heterocycles. The highest BCUT2D eigenvalue weighted by Crippen LogP contribution is 2.47. The molecule has 61 heavy (non-hydrogen) atoms. The summed E-state index contributed by atoms with van der Waals surface area (Å²) in [4.78, 5) is 2.35. The van der Waals surface area contributed by atoms with Gasteiger partial charge in [-0.2, -0.15) is 0 Å². The van der Waals surface area contributed by atoms with Crippen molar-refractivity contribution in [1.29, 1.82) is 0 Å². The highest BCUT2D eigenvalue weighted by Gasteiger charge is 2.38. The molecular formula is C59H42N2. The molecule has 0 aliphatic rings. The second kappa shape index (κ2) is 15.3. The number of para-hydroxylation sites is 3. The van der Waals surface area contributed by atoms with Crippen molar-refractivity contribution in [3.05, 3.63) is 277 Å². The lowest BCUT2D eigenvalue weighted by Gasteiger charge is -2.37. The largest absolute Gasteiger partial charge is 0.311 e. The summed E-state index contributed by atoms with van der Waals surface area (Å²) >= 11 is 0. The third kappa shape index (κ3) is 6.12. The summed E-state index contributed by atoms with van der Waals surface area (Å²) in [5.74, 6) is 0. The molecule has 10 aromatic carbocycles. The minimum atomic E-state index is -0.515. The van der Waals surface area contributed by atoms with Crippen LogP contribution in [0.5, 0.6) is 0 Å². The van der Waals surface area contributed by atoms with Crippen LogP contribution in [0.25, 0.3) is 49.4 Å². The highest BCUT2D eigenvalue weighted by molar-refractivity contribution is 6.21. The van der Waals surface area contributed by atoms with Crippen molar-refractivity contribution >= 4 is 49.6 Å². The third-order valence-corrected chi connectivity index (χ3v) is 12.3. The Kier molecular flexibility index (Phi) is 9.09. The van der Waals surface area contributed by atoms with Gasteiger partial charge < -0.3 is 9.47 Å². The van der Waals surface area contributed by atoms with Crippen LogP contribution in [-0.2, 0) is 5.41 Å². The third-order valence-electron chi connectivity index (χ3n) is 12.3. The summed E-state index contributed by atoms with van der Waals surface area (Å²) in [5.41, 5.74) is 13.6. The van der Waals surface area contributed by atoms with Crippen LogP contribution < -0.4 is 4.90 Å². The number of anilines is 3. The summed E-state index contributed by atoms with van der Waals surface area (Å²) < 4.78 is 2.44. The molecular weight excluding hydrogens is 737 g/mol. The van der Waals surface area contributed by atoms with Gasteiger partial charge in [-0.05, 0) is 93.2 Å². The van der Waals surface area contributed by atoms with Gasteiger partial charge in [0.15, 0.2) is 0 Å². The summed E-state index contributed by atoms with van der Waals surface area (Å²) in [6, 6.07) is 92.5. The van der Waals surface area contributed by atoms with Gasteiger partial charge in [-0.15, -0.1) is 0 Å². The van der Waals surface area contributed by atoms with E-state index in [2.05, 4.69) is 264 Å². The lowest BCUT2D eigenvalue weighted by atomic mass is 9.65. The Balaban J connectivity index is 1.02. The molecule has 288 valence electrons. The Bertz CT molecular complexity index is 3170. The van der Waals surface area contributed by atoms with E-state index in [1.165, 1.54) is 60.4 Å². The van der Waals surface area contributed by atoms with E-state index in [0.717, 1.165) is 28.3 Å². The van der Waals surface area contributed by atoms with Crippen LogP contribution in [0.1, 0.15) is 22.3 Å². The molecule has 0 unspecified atom stereocenters. The van der Waals surface area contributed by atoms with E-state index in [1.807, 2.05) is 0 Å². The molecule has 11 rings (SSSR count). The second-order valence-electron chi connectivity index (χ2n) is 15.7. The summed E-state index contributed by atoms with van der Waals surface area (Å²) in [7, 11) is 0. The summed E-state index contributed by atoms with van der Waals surface area (Å²) in [5, 5.41) is 5.08.